The van der Waals surface area contributed by atoms with Gasteiger partial charge in [-0.3, -0.25) is 0 Å². The molecule has 0 amide bonds. The highest BCUT2D eigenvalue weighted by molar-refractivity contribution is 6.45. The minimum absolute atomic E-state index is 0.0442. The lowest BCUT2D eigenvalue weighted by molar-refractivity contribution is -0.141. The summed E-state index contributed by atoms with van der Waals surface area (Å²) in [4.78, 5) is 0. The second-order valence-electron chi connectivity index (χ2n) is 4.30. The Morgan fingerprint density at radius 3 is 2.17 bits per heavy atom. The van der Waals surface area contributed by atoms with Crippen LogP contribution in [0.25, 0.3) is 11.1 Å². The van der Waals surface area contributed by atoms with Crippen LogP contribution in [-0.4, -0.2) is 6.61 Å². The Labute approximate surface area is 142 Å². The molecule has 2 rings (SSSR count). The fourth-order valence-corrected chi connectivity index (χ4v) is 2.70. The van der Waals surface area contributed by atoms with E-state index in [9.17, 15) is 22.0 Å². The fourth-order valence-electron chi connectivity index (χ4n) is 1.99. The van der Waals surface area contributed by atoms with Crippen molar-refractivity contribution >= 4 is 34.8 Å². The van der Waals surface area contributed by atoms with Gasteiger partial charge in [-0.05, 0) is 23.8 Å². The normalized spacial score (nSPS) is 11.9. The topological polar surface area (TPSA) is 9.23 Å². The van der Waals surface area contributed by atoms with E-state index in [0.717, 1.165) is 24.3 Å². The van der Waals surface area contributed by atoms with Crippen molar-refractivity contribution in [1.82, 2.24) is 0 Å². The highest BCUT2D eigenvalue weighted by atomic mass is 35.5. The summed E-state index contributed by atoms with van der Waals surface area (Å²) in [5.74, 6) is -1.02. The van der Waals surface area contributed by atoms with E-state index in [-0.39, 0.29) is 20.6 Å². The number of hydrogen-bond acceptors (Lipinski definition) is 1. The highest BCUT2D eigenvalue weighted by Gasteiger charge is 2.38. The lowest BCUT2D eigenvalue weighted by Gasteiger charge is -2.18. The van der Waals surface area contributed by atoms with Crippen molar-refractivity contribution in [3.8, 4) is 16.9 Å². The van der Waals surface area contributed by atoms with E-state index in [0.29, 0.717) is 0 Å². The van der Waals surface area contributed by atoms with Crippen LogP contribution in [0.1, 0.15) is 5.56 Å². The molecule has 0 bridgehead atoms. The summed E-state index contributed by atoms with van der Waals surface area (Å²) in [5.41, 5.74) is -2.00. The largest absolute Gasteiger partial charge is 0.434 e. The van der Waals surface area contributed by atoms with Gasteiger partial charge in [-0.15, -0.1) is 0 Å². The summed E-state index contributed by atoms with van der Waals surface area (Å²) in [6.07, 6.45) is -4.96. The first-order valence-corrected chi connectivity index (χ1v) is 7.04. The second-order valence-corrected chi connectivity index (χ2v) is 5.53. The van der Waals surface area contributed by atoms with E-state index in [1.165, 1.54) is 6.07 Å². The summed E-state index contributed by atoms with van der Waals surface area (Å²) in [7, 11) is 0. The molecule has 0 aliphatic carbocycles. The van der Waals surface area contributed by atoms with E-state index >= 15 is 0 Å². The molecule has 0 aromatic heterocycles. The maximum absolute atomic E-state index is 13.3. The minimum Gasteiger partial charge on any atom is -0.434 e. The van der Waals surface area contributed by atoms with Crippen molar-refractivity contribution in [2.75, 3.05) is 0 Å². The van der Waals surface area contributed by atoms with E-state index in [2.05, 4.69) is 4.74 Å². The van der Waals surface area contributed by atoms with Crippen LogP contribution in [0, 0.1) is 0 Å². The molecule has 0 unspecified atom stereocenters. The maximum atomic E-state index is 13.3. The van der Waals surface area contributed by atoms with Gasteiger partial charge in [-0.2, -0.15) is 22.0 Å². The molecule has 0 saturated carbocycles. The molecule has 124 valence electrons. The molecule has 0 heterocycles. The molecule has 0 aliphatic rings. The average Bonchev–Trinajstić information content (AvgIpc) is 2.40. The van der Waals surface area contributed by atoms with Crippen molar-refractivity contribution in [1.29, 1.82) is 0 Å². The smallest absolute Gasteiger partial charge is 0.420 e. The maximum Gasteiger partial charge on any atom is 0.420 e. The van der Waals surface area contributed by atoms with Gasteiger partial charge in [0, 0.05) is 10.6 Å². The van der Waals surface area contributed by atoms with E-state index in [4.69, 9.17) is 34.8 Å². The standard InChI is InChI=1S/C14H6Cl3F5O/c15-6-4-8(12(17)9(16)5-6)7-2-1-3-10(23-13(18)19)11(7)14(20,21)22/h1-5,13H. The van der Waals surface area contributed by atoms with Crippen molar-refractivity contribution in [3.63, 3.8) is 0 Å². The quantitative estimate of drug-likeness (QED) is 0.407. The lowest BCUT2D eigenvalue weighted by Crippen LogP contribution is -2.13. The van der Waals surface area contributed by atoms with Crippen LogP contribution in [0.15, 0.2) is 30.3 Å². The van der Waals surface area contributed by atoms with Crippen molar-refractivity contribution in [3.05, 3.63) is 51.0 Å². The van der Waals surface area contributed by atoms with Crippen LogP contribution in [0.4, 0.5) is 22.0 Å². The molecular formula is C14H6Cl3F5O. The van der Waals surface area contributed by atoms with Crippen LogP contribution < -0.4 is 4.74 Å². The fraction of sp³-hybridized carbons (Fsp3) is 0.143. The van der Waals surface area contributed by atoms with Crippen LogP contribution in [0.2, 0.25) is 15.1 Å². The van der Waals surface area contributed by atoms with Gasteiger partial charge >= 0.3 is 12.8 Å². The number of hydrogen-bond donors (Lipinski definition) is 0. The number of halogens is 8. The molecular weight excluding hydrogens is 386 g/mol. The Bertz CT molecular complexity index is 731. The molecule has 0 spiro atoms. The Balaban J connectivity index is 2.78. The zero-order chi connectivity index (χ0) is 17.4. The molecule has 2 aromatic carbocycles. The predicted octanol–water partition coefficient (Wildman–Crippen LogP) is 6.93. The summed E-state index contributed by atoms with van der Waals surface area (Å²) >= 11 is 17.5. The zero-order valence-electron chi connectivity index (χ0n) is 10.9. The zero-order valence-corrected chi connectivity index (χ0v) is 13.2. The molecule has 0 fully saturated rings. The second kappa shape index (κ2) is 6.71. The summed E-state index contributed by atoms with van der Waals surface area (Å²) in [5, 5.41) is -0.207. The Hall–Kier alpha value is -1.24. The van der Waals surface area contributed by atoms with Gasteiger partial charge in [0.1, 0.15) is 11.3 Å². The Morgan fingerprint density at radius 2 is 1.61 bits per heavy atom. The van der Waals surface area contributed by atoms with Gasteiger partial charge in [-0.1, -0.05) is 46.9 Å². The third-order valence-corrected chi connectivity index (χ3v) is 3.83. The van der Waals surface area contributed by atoms with Crippen molar-refractivity contribution < 1.29 is 26.7 Å². The summed E-state index contributed by atoms with van der Waals surface area (Å²) < 4.78 is 68.7. The molecule has 0 radical (unpaired) electrons. The third-order valence-electron chi connectivity index (χ3n) is 2.81. The molecule has 2 aromatic rings. The first-order chi connectivity index (χ1) is 10.6. The minimum atomic E-state index is -4.96. The SMILES string of the molecule is FC(F)Oc1cccc(-c2cc(Cl)cc(Cl)c2Cl)c1C(F)(F)F. The number of ether oxygens (including phenoxy) is 1. The monoisotopic (exact) mass is 390 g/mol. The molecule has 0 atom stereocenters. The summed E-state index contributed by atoms with van der Waals surface area (Å²) in [6, 6.07) is 5.40. The van der Waals surface area contributed by atoms with Gasteiger partial charge in [0.05, 0.1) is 10.0 Å². The van der Waals surface area contributed by atoms with Gasteiger partial charge in [0.25, 0.3) is 0 Å². The average molecular weight is 392 g/mol. The molecule has 0 aliphatic heterocycles. The van der Waals surface area contributed by atoms with Gasteiger partial charge in [0.2, 0.25) is 0 Å². The van der Waals surface area contributed by atoms with Crippen LogP contribution in [-0.2, 0) is 6.18 Å². The summed E-state index contributed by atoms with van der Waals surface area (Å²) in [6.45, 7) is -3.41. The van der Waals surface area contributed by atoms with E-state index < -0.39 is 29.7 Å². The molecule has 9 heteroatoms. The van der Waals surface area contributed by atoms with Gasteiger partial charge < -0.3 is 4.74 Å². The predicted molar refractivity (Wildman–Crippen MR) is 78.5 cm³/mol. The number of alkyl halides is 5. The molecule has 1 nitrogen and oxygen atoms in total. The van der Waals surface area contributed by atoms with Gasteiger partial charge in [-0.25, -0.2) is 0 Å². The third kappa shape index (κ3) is 4.00. The molecule has 0 saturated heterocycles. The molecule has 0 N–H and O–H groups in total. The van der Waals surface area contributed by atoms with Crippen molar-refractivity contribution in [2.24, 2.45) is 0 Å². The number of rotatable bonds is 3. The van der Waals surface area contributed by atoms with Crippen LogP contribution >= 0.6 is 34.8 Å². The van der Waals surface area contributed by atoms with Crippen LogP contribution in [0.3, 0.4) is 0 Å². The Kier molecular flexibility index (Phi) is 5.28. The highest BCUT2D eigenvalue weighted by Crippen LogP contribution is 2.46. The van der Waals surface area contributed by atoms with E-state index in [1.807, 2.05) is 0 Å². The first kappa shape index (κ1) is 18.1. The lowest BCUT2D eigenvalue weighted by atomic mass is 9.98. The number of benzene rings is 2. The van der Waals surface area contributed by atoms with Gasteiger partial charge in [0.15, 0.2) is 0 Å². The first-order valence-electron chi connectivity index (χ1n) is 5.91. The molecule has 23 heavy (non-hydrogen) atoms. The van der Waals surface area contributed by atoms with Crippen molar-refractivity contribution in [2.45, 2.75) is 12.8 Å². The Morgan fingerprint density at radius 1 is 0.957 bits per heavy atom. The van der Waals surface area contributed by atoms with Crippen LogP contribution in [0.5, 0.6) is 5.75 Å². The van der Waals surface area contributed by atoms with E-state index in [1.54, 1.807) is 0 Å².